The zero-order chi connectivity index (χ0) is 47.4. The summed E-state index contributed by atoms with van der Waals surface area (Å²) < 4.78 is 2.39. The first-order valence-corrected chi connectivity index (χ1v) is 21.8. The zero-order valence-electron chi connectivity index (χ0n) is 38.5. The number of fused-ring (bicyclic) bond motifs is 3. The van der Waals surface area contributed by atoms with Gasteiger partial charge in [0.15, 0.2) is 0 Å². The van der Waals surface area contributed by atoms with Gasteiger partial charge in [-0.05, 0) is 116 Å². The molecule has 4 heteroatoms. The van der Waals surface area contributed by atoms with Crippen LogP contribution >= 0.6 is 0 Å². The number of nitrogens with two attached hydrogens (primary N) is 1. The predicted molar refractivity (Wildman–Crippen MR) is 294 cm³/mol. The summed E-state index contributed by atoms with van der Waals surface area (Å²) in [6.45, 7) is 18.9. The summed E-state index contributed by atoms with van der Waals surface area (Å²) in [4.78, 5) is 0. The van der Waals surface area contributed by atoms with Crippen molar-refractivity contribution in [2.45, 2.75) is 20.8 Å². The minimum Gasteiger partial charge on any atom is -0.405 e. The van der Waals surface area contributed by atoms with Crippen LogP contribution in [-0.2, 0) is 0 Å². The van der Waals surface area contributed by atoms with Gasteiger partial charge in [0.25, 0.3) is 0 Å². The van der Waals surface area contributed by atoms with Gasteiger partial charge in [-0.15, -0.1) is 13.2 Å². The molecule has 0 aliphatic rings. The van der Waals surface area contributed by atoms with E-state index in [2.05, 4.69) is 190 Å². The fraction of sp³-hybridized carbons (Fsp3) is 0.0484. The lowest BCUT2D eigenvalue weighted by atomic mass is 9.97. The maximum atomic E-state index is 5.50. The second kappa shape index (κ2) is 28.3. The molecule has 0 bridgehead atoms. The van der Waals surface area contributed by atoms with Gasteiger partial charge < -0.3 is 21.0 Å². The Labute approximate surface area is 393 Å². The Balaban J connectivity index is 0.000000405. The van der Waals surface area contributed by atoms with E-state index < -0.39 is 0 Å². The van der Waals surface area contributed by atoms with Gasteiger partial charge >= 0.3 is 0 Å². The Morgan fingerprint density at radius 2 is 1.17 bits per heavy atom. The molecule has 0 saturated heterocycles. The van der Waals surface area contributed by atoms with E-state index in [9.17, 15) is 0 Å². The topological polar surface area (TPSA) is 66.8 Å². The SMILES string of the molecule is C/C=C/C=C\C=C/C=C/C=C/C=C\C=C/N.C=C.C=C/C=C(\C=C(/C)c1ccccc1Nc1ccccc1)c1ccc2c(c1)c1ccccc1n2-c1cccc(-c2cccc(C)c2)c1.C=N. The van der Waals surface area contributed by atoms with Crippen LogP contribution in [-0.4, -0.2) is 11.3 Å². The summed E-state index contributed by atoms with van der Waals surface area (Å²) in [6.07, 6.45) is 33.1. The first-order valence-electron chi connectivity index (χ1n) is 21.8. The molecule has 7 rings (SSSR count). The van der Waals surface area contributed by atoms with Gasteiger partial charge in [0.05, 0.1) is 11.0 Å². The highest BCUT2D eigenvalue weighted by Gasteiger charge is 2.15. The van der Waals surface area contributed by atoms with Crippen LogP contribution < -0.4 is 11.1 Å². The molecule has 4 N–H and O–H groups in total. The quantitative estimate of drug-likeness (QED) is 0.0579. The number of para-hydroxylation sites is 3. The number of anilines is 2. The zero-order valence-corrected chi connectivity index (χ0v) is 38.5. The molecule has 0 fully saturated rings. The third-order valence-corrected chi connectivity index (χ3v) is 10.1. The average molecular weight is 863 g/mol. The molecule has 0 atom stereocenters. The Bertz CT molecular complexity index is 2870. The van der Waals surface area contributed by atoms with Gasteiger partial charge in [-0.3, -0.25) is 0 Å². The van der Waals surface area contributed by atoms with Gasteiger partial charge in [-0.25, -0.2) is 0 Å². The number of hydrogen-bond acceptors (Lipinski definition) is 3. The second-order valence-electron chi connectivity index (χ2n) is 14.6. The van der Waals surface area contributed by atoms with Crippen LogP contribution in [0, 0.1) is 12.3 Å². The molecule has 0 aliphatic carbocycles. The van der Waals surface area contributed by atoms with Crippen molar-refractivity contribution < 1.29 is 0 Å². The predicted octanol–water partition coefficient (Wildman–Crippen LogP) is 17.1. The largest absolute Gasteiger partial charge is 0.405 e. The van der Waals surface area contributed by atoms with E-state index in [1.807, 2.05) is 104 Å². The molecule has 0 radical (unpaired) electrons. The van der Waals surface area contributed by atoms with E-state index in [-0.39, 0.29) is 0 Å². The summed E-state index contributed by atoms with van der Waals surface area (Å²) in [6, 6.07) is 51.8. The third kappa shape index (κ3) is 14.5. The lowest BCUT2D eigenvalue weighted by Crippen LogP contribution is -1.95. The van der Waals surface area contributed by atoms with E-state index in [1.165, 1.54) is 50.3 Å². The van der Waals surface area contributed by atoms with E-state index in [1.54, 1.807) is 6.08 Å². The van der Waals surface area contributed by atoms with Gasteiger partial charge in [0, 0.05) is 33.4 Å². The molecule has 66 heavy (non-hydrogen) atoms. The monoisotopic (exact) mass is 862 g/mol. The smallest absolute Gasteiger partial charge is 0.0541 e. The number of benzene rings is 6. The number of hydrogen-bond donors (Lipinski definition) is 3. The molecule has 7 aromatic rings. The third-order valence-electron chi connectivity index (χ3n) is 10.1. The van der Waals surface area contributed by atoms with E-state index >= 15 is 0 Å². The molecule has 4 nitrogen and oxygen atoms in total. The summed E-state index contributed by atoms with van der Waals surface area (Å²) in [5, 5.41) is 11.6. The van der Waals surface area contributed by atoms with Crippen LogP contribution in [0.25, 0.3) is 49.8 Å². The number of nitrogens with zero attached hydrogens (tertiary/aromatic N) is 1. The Kier molecular flexibility index (Phi) is 21.5. The Morgan fingerprint density at radius 3 is 1.82 bits per heavy atom. The van der Waals surface area contributed by atoms with Crippen molar-refractivity contribution in [2.24, 2.45) is 5.73 Å². The van der Waals surface area contributed by atoms with Gasteiger partial charge in [-0.1, -0.05) is 200 Å². The standard InChI is InChI=1S/C44H36N2.C15H19N.C2H4.CH3N/c1-4-14-33(28-32(3)39-21-8-10-23-42(39)45-37-18-6-5-7-19-37)36-25-26-44-41(30-36)40-22-9-11-24-43(40)46(44)38-20-13-17-35(29-38)34-16-12-15-31(2)27-34;1-2-3-4-5-6-7-8-9-10-11-12-13-14-15-16;2*1-2/h4-30,45H,1H2,2-3H3;2-15H,16H2,1H3;1-2H2;2H,1H2/b32-28+,33-14+;3-2+,5-4-,7-6-,9-8+,11-10+,13-12-,15-14-;;. The van der Waals surface area contributed by atoms with Crippen molar-refractivity contribution in [2.75, 3.05) is 5.32 Å². The first-order chi connectivity index (χ1) is 32.5. The lowest BCUT2D eigenvalue weighted by Gasteiger charge is -2.14. The molecule has 0 amide bonds. The number of allylic oxidation sites excluding steroid dienone is 18. The lowest BCUT2D eigenvalue weighted by molar-refractivity contribution is 1.18. The van der Waals surface area contributed by atoms with Crippen LogP contribution in [0.4, 0.5) is 11.4 Å². The highest BCUT2D eigenvalue weighted by atomic mass is 15.0. The maximum absolute atomic E-state index is 5.50. The summed E-state index contributed by atoms with van der Waals surface area (Å²) in [5.41, 5.74) is 19.1. The van der Waals surface area contributed by atoms with Crippen molar-refractivity contribution in [1.29, 1.82) is 5.41 Å². The number of nitrogens with one attached hydrogen (secondary N) is 2. The molecular formula is C62H62N4. The molecular weight excluding hydrogens is 801 g/mol. The molecule has 1 heterocycles. The summed E-state index contributed by atoms with van der Waals surface area (Å²) in [7, 11) is 0. The second-order valence-corrected chi connectivity index (χ2v) is 14.6. The van der Waals surface area contributed by atoms with E-state index in [0.717, 1.165) is 33.8 Å². The van der Waals surface area contributed by atoms with E-state index in [0.29, 0.717) is 0 Å². The summed E-state index contributed by atoms with van der Waals surface area (Å²) in [5.74, 6) is 0. The Hall–Kier alpha value is -8.47. The summed E-state index contributed by atoms with van der Waals surface area (Å²) >= 11 is 0. The van der Waals surface area contributed by atoms with Crippen LogP contribution in [0.2, 0.25) is 0 Å². The molecule has 6 aromatic carbocycles. The molecule has 0 spiro atoms. The fourth-order valence-corrected chi connectivity index (χ4v) is 7.18. The maximum Gasteiger partial charge on any atom is 0.0541 e. The minimum absolute atomic E-state index is 1.07. The average Bonchev–Trinajstić information content (AvgIpc) is 3.70. The van der Waals surface area contributed by atoms with Crippen LogP contribution in [0.1, 0.15) is 30.5 Å². The van der Waals surface area contributed by atoms with Crippen molar-refractivity contribution in [3.8, 4) is 16.8 Å². The van der Waals surface area contributed by atoms with Gasteiger partial charge in [-0.2, -0.15) is 0 Å². The molecule has 0 aliphatic heterocycles. The van der Waals surface area contributed by atoms with Crippen molar-refractivity contribution in [3.05, 3.63) is 285 Å². The van der Waals surface area contributed by atoms with Gasteiger partial charge in [0.2, 0.25) is 0 Å². The van der Waals surface area contributed by atoms with Crippen molar-refractivity contribution in [3.63, 3.8) is 0 Å². The van der Waals surface area contributed by atoms with Crippen molar-refractivity contribution >= 4 is 51.0 Å². The highest BCUT2D eigenvalue weighted by Crippen LogP contribution is 2.36. The number of aryl methyl sites for hydroxylation is 1. The van der Waals surface area contributed by atoms with Crippen LogP contribution in [0.15, 0.2) is 269 Å². The minimum atomic E-state index is 1.07. The molecule has 1 aromatic heterocycles. The first kappa shape index (κ1) is 50.2. The number of rotatable bonds is 14. The Morgan fingerprint density at radius 1 is 0.591 bits per heavy atom. The van der Waals surface area contributed by atoms with Gasteiger partial charge in [0.1, 0.15) is 0 Å². The van der Waals surface area contributed by atoms with Crippen molar-refractivity contribution in [1.82, 2.24) is 4.57 Å². The highest BCUT2D eigenvalue weighted by molar-refractivity contribution is 6.10. The normalized spacial score (nSPS) is 12.0. The molecule has 0 unspecified atom stereocenters. The number of aromatic nitrogens is 1. The molecule has 330 valence electrons. The van der Waals surface area contributed by atoms with Crippen LogP contribution in [0.3, 0.4) is 0 Å². The van der Waals surface area contributed by atoms with Crippen LogP contribution in [0.5, 0.6) is 0 Å². The van der Waals surface area contributed by atoms with E-state index in [4.69, 9.17) is 11.1 Å². The molecule has 0 saturated carbocycles. The fourth-order valence-electron chi connectivity index (χ4n) is 7.18.